The van der Waals surface area contributed by atoms with Crippen LogP contribution in [0.1, 0.15) is 171 Å². The Hall–Kier alpha value is -3.77. The van der Waals surface area contributed by atoms with Crippen molar-refractivity contribution in [3.8, 4) is 0 Å². The monoisotopic (exact) mass is 884 g/mol. The standard InChI is InChI=1S/C19H29NO.C19H31N.C11H19ClO.C8H11N/c1-3-4-5-6-7-8-9-13-16-19(21)20(2)17-18-14-11-10-12-15-18;1-3-4-5-6-7-8-9-10-14-17-20(2)18-19-15-12-11-13-16-19;1-2-3-4-5-6-7-8-9-10-11(12)13;1-9-7-8-5-3-2-4-6-8/h3,10-12,14-15H,1,4-9,13,16-17H2,2H3;3,11-13,15-16H,1,4-10,14,17-18H2,2H3;2H,1,3-10H2;2-6,9H,7H2,1H3. The first-order valence-electron chi connectivity index (χ1n) is 24.5. The largest absolute Gasteiger partial charge is 0.341 e. The van der Waals surface area contributed by atoms with Gasteiger partial charge in [-0.25, -0.2) is 0 Å². The van der Waals surface area contributed by atoms with Gasteiger partial charge in [0.15, 0.2) is 0 Å². The second-order valence-electron chi connectivity index (χ2n) is 16.8. The van der Waals surface area contributed by atoms with Gasteiger partial charge in [-0.15, -0.1) is 19.7 Å². The smallest absolute Gasteiger partial charge is 0.222 e. The van der Waals surface area contributed by atoms with Gasteiger partial charge < -0.3 is 15.1 Å². The fraction of sp³-hybridized carbons (Fsp3) is 0.544. The van der Waals surface area contributed by atoms with Crippen molar-refractivity contribution in [3.63, 3.8) is 0 Å². The van der Waals surface area contributed by atoms with E-state index in [4.69, 9.17) is 11.6 Å². The Morgan fingerprint density at radius 3 is 1.24 bits per heavy atom. The molecular formula is C57H90ClN3O2. The van der Waals surface area contributed by atoms with E-state index in [2.05, 4.69) is 91.6 Å². The molecule has 0 atom stereocenters. The molecule has 0 saturated heterocycles. The number of rotatable bonds is 34. The predicted molar refractivity (Wildman–Crippen MR) is 277 cm³/mol. The molecule has 0 aliphatic rings. The van der Waals surface area contributed by atoms with Crippen LogP contribution >= 0.6 is 11.6 Å². The summed E-state index contributed by atoms with van der Waals surface area (Å²) >= 11 is 5.21. The van der Waals surface area contributed by atoms with Crippen LogP contribution in [-0.2, 0) is 29.2 Å². The Morgan fingerprint density at radius 1 is 0.492 bits per heavy atom. The Morgan fingerprint density at radius 2 is 0.841 bits per heavy atom. The minimum absolute atomic E-state index is 0.202. The third-order valence-corrected chi connectivity index (χ3v) is 10.9. The molecule has 3 aromatic carbocycles. The summed E-state index contributed by atoms with van der Waals surface area (Å²) in [6, 6.07) is 31.2. The van der Waals surface area contributed by atoms with E-state index in [1.807, 2.05) is 73.6 Å². The fourth-order valence-corrected chi connectivity index (χ4v) is 7.13. The van der Waals surface area contributed by atoms with Crippen LogP contribution in [0.2, 0.25) is 0 Å². The normalized spacial score (nSPS) is 10.3. The molecule has 3 rings (SSSR count). The van der Waals surface area contributed by atoms with Gasteiger partial charge in [-0.1, -0.05) is 193 Å². The van der Waals surface area contributed by atoms with Crippen molar-refractivity contribution in [1.82, 2.24) is 15.1 Å². The summed E-state index contributed by atoms with van der Waals surface area (Å²) in [5.41, 5.74) is 3.94. The van der Waals surface area contributed by atoms with E-state index in [1.165, 1.54) is 132 Å². The van der Waals surface area contributed by atoms with E-state index < -0.39 is 0 Å². The lowest BCUT2D eigenvalue weighted by Crippen LogP contribution is -2.25. The van der Waals surface area contributed by atoms with E-state index in [9.17, 15) is 9.59 Å². The van der Waals surface area contributed by atoms with Crippen LogP contribution in [0.5, 0.6) is 0 Å². The molecule has 0 spiro atoms. The summed E-state index contributed by atoms with van der Waals surface area (Å²) in [5.74, 6) is 0.255. The van der Waals surface area contributed by atoms with Gasteiger partial charge in [0.1, 0.15) is 0 Å². The van der Waals surface area contributed by atoms with Crippen LogP contribution < -0.4 is 5.32 Å². The molecule has 0 fully saturated rings. The molecule has 0 aliphatic carbocycles. The van der Waals surface area contributed by atoms with E-state index in [1.54, 1.807) is 0 Å². The van der Waals surface area contributed by atoms with Gasteiger partial charge >= 0.3 is 0 Å². The van der Waals surface area contributed by atoms with Crippen molar-refractivity contribution in [2.45, 2.75) is 174 Å². The van der Waals surface area contributed by atoms with E-state index in [0.29, 0.717) is 19.4 Å². The van der Waals surface area contributed by atoms with E-state index in [0.717, 1.165) is 45.2 Å². The molecule has 63 heavy (non-hydrogen) atoms. The molecule has 0 saturated carbocycles. The number of halogens is 1. The lowest BCUT2D eigenvalue weighted by Gasteiger charge is -2.17. The Kier molecular flexibility index (Phi) is 43.5. The van der Waals surface area contributed by atoms with Crippen LogP contribution in [0.4, 0.5) is 0 Å². The zero-order valence-electron chi connectivity index (χ0n) is 40.4. The predicted octanol–water partition coefficient (Wildman–Crippen LogP) is 15.8. The summed E-state index contributed by atoms with van der Waals surface area (Å²) in [5, 5.41) is 2.88. The van der Waals surface area contributed by atoms with Crippen LogP contribution in [0, 0.1) is 0 Å². The van der Waals surface area contributed by atoms with Gasteiger partial charge in [-0.3, -0.25) is 9.59 Å². The van der Waals surface area contributed by atoms with Crippen LogP contribution in [-0.4, -0.2) is 48.6 Å². The Balaban J connectivity index is 0.000000851. The first-order chi connectivity index (χ1) is 30.8. The maximum absolute atomic E-state index is 12.0. The number of amides is 1. The first kappa shape index (κ1) is 59.2. The maximum Gasteiger partial charge on any atom is 0.222 e. The van der Waals surface area contributed by atoms with Crippen molar-refractivity contribution in [3.05, 3.63) is 146 Å². The number of hydrogen-bond donors (Lipinski definition) is 1. The summed E-state index contributed by atoms with van der Waals surface area (Å²) in [4.78, 5) is 26.7. The lowest BCUT2D eigenvalue weighted by atomic mass is 10.1. The van der Waals surface area contributed by atoms with Gasteiger partial charge in [0, 0.05) is 39.5 Å². The number of allylic oxidation sites excluding steroid dienone is 3. The minimum atomic E-state index is -0.202. The van der Waals surface area contributed by atoms with E-state index >= 15 is 0 Å². The number of nitrogens with one attached hydrogen (secondary N) is 1. The second kappa shape index (κ2) is 46.2. The quantitative estimate of drug-likeness (QED) is 0.0369. The number of nitrogens with zero attached hydrogens (tertiary/aromatic N) is 2. The molecule has 0 bridgehead atoms. The molecule has 0 heterocycles. The van der Waals surface area contributed by atoms with Gasteiger partial charge in [0.25, 0.3) is 0 Å². The molecule has 0 aromatic heterocycles. The number of benzene rings is 3. The molecule has 0 radical (unpaired) electrons. The van der Waals surface area contributed by atoms with Crippen LogP contribution in [0.3, 0.4) is 0 Å². The highest BCUT2D eigenvalue weighted by Gasteiger charge is 2.08. The molecule has 6 heteroatoms. The fourth-order valence-electron chi connectivity index (χ4n) is 7.00. The molecule has 1 amide bonds. The average molecular weight is 885 g/mol. The number of carbonyl (C=O) groups is 2. The Labute approximate surface area is 392 Å². The van der Waals surface area contributed by atoms with Crippen molar-refractivity contribution in [2.75, 3.05) is 27.7 Å². The molecule has 0 unspecified atom stereocenters. The topological polar surface area (TPSA) is 52.7 Å². The third kappa shape index (κ3) is 42.0. The molecular weight excluding hydrogens is 794 g/mol. The van der Waals surface area contributed by atoms with Crippen LogP contribution in [0.25, 0.3) is 0 Å². The SMILES string of the molecule is C=CCCCCCCCCC(=O)Cl.C=CCCCCCCCCC(=O)N(C)Cc1ccccc1.C=CCCCCCCCCCN(C)Cc1ccccc1.CNCc1ccccc1. The van der Waals surface area contributed by atoms with Gasteiger partial charge in [-0.2, -0.15) is 0 Å². The van der Waals surface area contributed by atoms with Gasteiger partial charge in [0.05, 0.1) is 0 Å². The average Bonchev–Trinajstić information content (AvgIpc) is 3.29. The summed E-state index contributed by atoms with van der Waals surface area (Å²) < 4.78 is 0. The zero-order chi connectivity index (χ0) is 46.3. The van der Waals surface area contributed by atoms with Crippen LogP contribution in [0.15, 0.2) is 129 Å². The maximum atomic E-state index is 12.0. The van der Waals surface area contributed by atoms with Gasteiger partial charge in [0.2, 0.25) is 11.1 Å². The first-order valence-corrected chi connectivity index (χ1v) is 24.8. The molecule has 3 aromatic rings. The van der Waals surface area contributed by atoms with Gasteiger partial charge in [-0.05, 0) is 107 Å². The highest BCUT2D eigenvalue weighted by Crippen LogP contribution is 2.13. The van der Waals surface area contributed by atoms with E-state index in [-0.39, 0.29) is 11.1 Å². The molecule has 5 nitrogen and oxygen atoms in total. The lowest BCUT2D eigenvalue weighted by molar-refractivity contribution is -0.130. The Bertz CT molecular complexity index is 1470. The van der Waals surface area contributed by atoms with Crippen molar-refractivity contribution in [2.24, 2.45) is 0 Å². The molecule has 1 N–H and O–H groups in total. The number of carbonyl (C=O) groups excluding carboxylic acids is 2. The summed E-state index contributed by atoms with van der Waals surface area (Å²) in [6.07, 6.45) is 34.6. The number of unbranched alkanes of at least 4 members (excludes halogenated alkanes) is 19. The molecule has 352 valence electrons. The minimum Gasteiger partial charge on any atom is -0.341 e. The molecule has 0 aliphatic heterocycles. The highest BCUT2D eigenvalue weighted by atomic mass is 35.5. The second-order valence-corrected chi connectivity index (χ2v) is 17.2. The summed E-state index contributed by atoms with van der Waals surface area (Å²) in [7, 11) is 6.07. The third-order valence-electron chi connectivity index (χ3n) is 10.7. The van der Waals surface area contributed by atoms with Crippen molar-refractivity contribution < 1.29 is 9.59 Å². The zero-order valence-corrected chi connectivity index (χ0v) is 41.2. The summed E-state index contributed by atoms with van der Waals surface area (Å²) in [6.45, 7) is 15.1. The highest BCUT2D eigenvalue weighted by molar-refractivity contribution is 6.63. The van der Waals surface area contributed by atoms with Crippen molar-refractivity contribution >= 4 is 22.8 Å². The number of hydrogen-bond acceptors (Lipinski definition) is 4. The van der Waals surface area contributed by atoms with Crippen molar-refractivity contribution in [1.29, 1.82) is 0 Å².